The maximum absolute atomic E-state index is 2.68. The molecular weight excluding hydrogens is 635 g/mol. The molecule has 5 nitrogen and oxygen atoms in total. The standard InChI is InChI=1S/C47H33N5/c1-45(2)31-16-8-14-27-29-20-22-35-37-41(29)51(39(27)31)43-33(45)18-10-24-48(43)47(37)38-36(50(35)26-12-6-5-7-13-26)23-21-30-28-15-9-17-32-40(28)52(42(30)38)44-34(46(32,3)4)19-11-25-49(44)47/h5-25H,1-4H3/q+2. The van der Waals surface area contributed by atoms with E-state index in [1.807, 2.05) is 0 Å². The lowest BCUT2D eigenvalue weighted by Crippen LogP contribution is -2.80. The summed E-state index contributed by atoms with van der Waals surface area (Å²) in [5, 5.41) is 5.29. The number of aromatic nitrogens is 4. The van der Waals surface area contributed by atoms with Gasteiger partial charge >= 0.3 is 5.66 Å². The van der Waals surface area contributed by atoms with Crippen LogP contribution in [0.4, 0.5) is 17.1 Å². The van der Waals surface area contributed by atoms with E-state index in [1.54, 1.807) is 0 Å². The molecule has 14 rings (SSSR count). The molecule has 0 aliphatic carbocycles. The summed E-state index contributed by atoms with van der Waals surface area (Å²) in [6.07, 6.45) is 4.76. The normalized spacial score (nSPS) is 17.7. The van der Waals surface area contributed by atoms with Crippen molar-refractivity contribution in [3.8, 4) is 11.6 Å². The van der Waals surface area contributed by atoms with Crippen molar-refractivity contribution >= 4 is 60.7 Å². The number of hydrogen-bond acceptors (Lipinski definition) is 1. The van der Waals surface area contributed by atoms with Crippen molar-refractivity contribution < 1.29 is 9.13 Å². The van der Waals surface area contributed by atoms with E-state index in [1.165, 1.54) is 106 Å². The Labute approximate surface area is 299 Å². The number of fused-ring (bicyclic) bond motifs is 2. The Balaban J connectivity index is 1.35. The van der Waals surface area contributed by atoms with E-state index in [4.69, 9.17) is 0 Å². The molecule has 0 atom stereocenters. The highest BCUT2D eigenvalue weighted by molar-refractivity contribution is 6.18. The lowest BCUT2D eigenvalue weighted by atomic mass is 9.73. The highest BCUT2D eigenvalue weighted by atomic mass is 15.4. The number of rotatable bonds is 1. The quantitative estimate of drug-likeness (QED) is 0.160. The summed E-state index contributed by atoms with van der Waals surface area (Å²) in [6, 6.07) is 44.0. The van der Waals surface area contributed by atoms with Crippen LogP contribution in [0.3, 0.4) is 0 Å². The lowest BCUT2D eigenvalue weighted by Gasteiger charge is -2.47. The third-order valence-corrected chi connectivity index (χ3v) is 13.8. The zero-order valence-electron chi connectivity index (χ0n) is 29.4. The van der Waals surface area contributed by atoms with Gasteiger partial charge in [-0.15, -0.1) is 0 Å². The van der Waals surface area contributed by atoms with Crippen molar-refractivity contribution in [3.05, 3.63) is 161 Å². The topological polar surface area (TPSA) is 20.9 Å². The van der Waals surface area contributed by atoms with Gasteiger partial charge in [-0.3, -0.25) is 0 Å². The van der Waals surface area contributed by atoms with Crippen LogP contribution in [0, 0.1) is 0 Å². The van der Waals surface area contributed by atoms with Crippen molar-refractivity contribution in [1.82, 2.24) is 9.13 Å². The fourth-order valence-corrected chi connectivity index (χ4v) is 11.7. The predicted octanol–water partition coefficient (Wildman–Crippen LogP) is 9.44. The second-order valence-electron chi connectivity index (χ2n) is 16.6. The minimum Gasteiger partial charge on any atom is -0.309 e. The molecule has 1 spiro atoms. The van der Waals surface area contributed by atoms with Crippen LogP contribution < -0.4 is 14.0 Å². The number of nitrogens with zero attached hydrogens (tertiary/aromatic N) is 5. The van der Waals surface area contributed by atoms with Gasteiger partial charge in [0, 0.05) is 49.2 Å². The molecule has 0 fully saturated rings. The van der Waals surface area contributed by atoms with E-state index < -0.39 is 5.66 Å². The first kappa shape index (κ1) is 26.6. The fraction of sp³-hybridized carbons (Fsp3) is 0.149. The molecule has 0 N–H and O–H groups in total. The smallest absolute Gasteiger partial charge is 0.309 e. The predicted molar refractivity (Wildman–Crippen MR) is 206 cm³/mol. The molecule has 5 aliphatic heterocycles. The van der Waals surface area contributed by atoms with Crippen LogP contribution in [0.25, 0.3) is 55.2 Å². The Morgan fingerprint density at radius 3 is 1.38 bits per heavy atom. The first-order valence-corrected chi connectivity index (χ1v) is 18.6. The molecule has 0 amide bonds. The Kier molecular flexibility index (Phi) is 4.00. The molecule has 0 radical (unpaired) electrons. The Morgan fingerprint density at radius 2 is 0.885 bits per heavy atom. The van der Waals surface area contributed by atoms with Crippen LogP contribution in [0.15, 0.2) is 128 Å². The molecule has 9 heterocycles. The van der Waals surface area contributed by atoms with Crippen LogP contribution in [0.5, 0.6) is 0 Å². The summed E-state index contributed by atoms with van der Waals surface area (Å²) in [4.78, 5) is 2.55. The van der Waals surface area contributed by atoms with E-state index in [0.717, 1.165) is 0 Å². The van der Waals surface area contributed by atoms with Crippen molar-refractivity contribution in [3.63, 3.8) is 0 Å². The summed E-state index contributed by atoms with van der Waals surface area (Å²) in [6.45, 7) is 9.68. The molecule has 9 aromatic rings. The molecule has 0 bridgehead atoms. The number of pyridine rings is 2. The van der Waals surface area contributed by atoms with Gasteiger partial charge in [0.15, 0.2) is 11.0 Å². The summed E-state index contributed by atoms with van der Waals surface area (Å²) >= 11 is 0. The molecule has 0 unspecified atom stereocenters. The largest absolute Gasteiger partial charge is 0.318 e. The average Bonchev–Trinajstić information content (AvgIpc) is 3.69. The number of anilines is 3. The minimum absolute atomic E-state index is 0.194. The van der Waals surface area contributed by atoms with Crippen LogP contribution in [0.1, 0.15) is 61.1 Å². The summed E-state index contributed by atoms with van der Waals surface area (Å²) in [5.41, 5.74) is 16.0. The van der Waals surface area contributed by atoms with Crippen molar-refractivity contribution in [1.29, 1.82) is 0 Å². The Hall–Kier alpha value is -6.20. The second kappa shape index (κ2) is 7.83. The van der Waals surface area contributed by atoms with Crippen LogP contribution >= 0.6 is 0 Å². The zero-order chi connectivity index (χ0) is 34.2. The van der Waals surface area contributed by atoms with E-state index >= 15 is 0 Å². The SMILES string of the molecule is CC1(C)c2ccc[n+]3c2-n2c4c1cccc4c1ccc4c(c12)C31c2c(ccc3c5cccc6c5n(c23)-c2c(ccc[n+]21)C6(C)C)N4c1ccccc1. The van der Waals surface area contributed by atoms with Gasteiger partial charge in [0.05, 0.1) is 34.9 Å². The fourth-order valence-electron chi connectivity index (χ4n) is 11.7. The maximum Gasteiger partial charge on any atom is 0.318 e. The molecular formula is C47H33N5+2. The molecule has 5 aromatic carbocycles. The third-order valence-electron chi connectivity index (χ3n) is 13.8. The molecule has 5 heteroatoms. The van der Waals surface area contributed by atoms with Gasteiger partial charge < -0.3 is 4.90 Å². The first-order chi connectivity index (χ1) is 25.4. The molecule has 5 aliphatic rings. The first-order valence-electron chi connectivity index (χ1n) is 18.6. The summed E-state index contributed by atoms with van der Waals surface area (Å²) in [7, 11) is 0. The molecule has 4 aromatic heterocycles. The van der Waals surface area contributed by atoms with Crippen molar-refractivity contribution in [2.24, 2.45) is 0 Å². The van der Waals surface area contributed by atoms with Crippen LogP contribution in [-0.4, -0.2) is 9.13 Å². The van der Waals surface area contributed by atoms with Crippen LogP contribution in [-0.2, 0) is 16.5 Å². The Bertz CT molecular complexity index is 3050. The van der Waals surface area contributed by atoms with Crippen molar-refractivity contribution in [2.75, 3.05) is 4.90 Å². The molecule has 0 saturated carbocycles. The second-order valence-corrected chi connectivity index (χ2v) is 16.6. The lowest BCUT2D eigenvalue weighted by molar-refractivity contribution is -0.967. The van der Waals surface area contributed by atoms with Crippen molar-refractivity contribution in [2.45, 2.75) is 44.2 Å². The van der Waals surface area contributed by atoms with Gasteiger partial charge in [-0.25, -0.2) is 0 Å². The highest BCUT2D eigenvalue weighted by Gasteiger charge is 2.67. The molecule has 0 saturated heterocycles. The maximum atomic E-state index is 2.68. The van der Waals surface area contributed by atoms with E-state index in [-0.39, 0.29) is 10.8 Å². The van der Waals surface area contributed by atoms with E-state index in [9.17, 15) is 0 Å². The van der Waals surface area contributed by atoms with Gasteiger partial charge in [-0.1, -0.05) is 70.2 Å². The van der Waals surface area contributed by atoms with Gasteiger partial charge in [0.2, 0.25) is 0 Å². The number of para-hydroxylation sites is 3. The Morgan fingerprint density at radius 1 is 0.423 bits per heavy atom. The van der Waals surface area contributed by atoms with Gasteiger partial charge in [-0.05, 0) is 72.8 Å². The average molecular weight is 668 g/mol. The van der Waals surface area contributed by atoms with Gasteiger partial charge in [0.1, 0.15) is 22.2 Å². The zero-order valence-corrected chi connectivity index (χ0v) is 29.4. The van der Waals surface area contributed by atoms with E-state index in [2.05, 4.69) is 179 Å². The summed E-state index contributed by atoms with van der Waals surface area (Å²) < 4.78 is 10.6. The third kappa shape index (κ3) is 2.38. The van der Waals surface area contributed by atoms with Gasteiger partial charge in [0.25, 0.3) is 11.6 Å². The number of benzene rings is 5. The van der Waals surface area contributed by atoms with Gasteiger partial charge in [-0.2, -0.15) is 18.3 Å². The molecule has 244 valence electrons. The number of hydrogen-bond donors (Lipinski definition) is 0. The molecule has 52 heavy (non-hydrogen) atoms. The van der Waals surface area contributed by atoms with E-state index in [0.29, 0.717) is 0 Å². The monoisotopic (exact) mass is 667 g/mol. The highest BCUT2D eigenvalue weighted by Crippen LogP contribution is 2.61. The minimum atomic E-state index is -0.707. The summed E-state index contributed by atoms with van der Waals surface area (Å²) in [5.74, 6) is 2.55. The van der Waals surface area contributed by atoms with Crippen LogP contribution in [0.2, 0.25) is 0 Å².